The maximum atomic E-state index is 13.0. The molecule has 1 atom stereocenters. The van der Waals surface area contributed by atoms with Gasteiger partial charge in [-0.15, -0.1) is 0 Å². The van der Waals surface area contributed by atoms with Gasteiger partial charge in [-0.3, -0.25) is 14.4 Å². The number of methoxy groups -OCH3 is 2. The van der Waals surface area contributed by atoms with Crippen molar-refractivity contribution >= 4 is 23.4 Å². The predicted octanol–water partition coefficient (Wildman–Crippen LogP) is 1.94. The Bertz CT molecular complexity index is 1090. The fourth-order valence-electron chi connectivity index (χ4n) is 3.73. The number of hydrogen-bond acceptors (Lipinski definition) is 7. The van der Waals surface area contributed by atoms with Crippen LogP contribution >= 0.6 is 0 Å². The molecule has 3 rings (SSSR count). The van der Waals surface area contributed by atoms with Crippen LogP contribution in [0.3, 0.4) is 0 Å². The number of nitrogens with zero attached hydrogens (tertiary/aromatic N) is 1. The van der Waals surface area contributed by atoms with Gasteiger partial charge in [-0.05, 0) is 48.4 Å². The van der Waals surface area contributed by atoms with E-state index in [0.717, 1.165) is 5.56 Å². The van der Waals surface area contributed by atoms with Gasteiger partial charge in [0.1, 0.15) is 17.3 Å². The minimum absolute atomic E-state index is 0.0218. The summed E-state index contributed by atoms with van der Waals surface area (Å²) in [6, 6.07) is 10.7. The van der Waals surface area contributed by atoms with Gasteiger partial charge in [0, 0.05) is 19.2 Å². The van der Waals surface area contributed by atoms with E-state index in [-0.39, 0.29) is 31.1 Å². The molecule has 0 bridgehead atoms. The third-order valence-electron chi connectivity index (χ3n) is 5.32. The minimum atomic E-state index is -0.826. The van der Waals surface area contributed by atoms with Crippen LogP contribution in [0.25, 0.3) is 5.76 Å². The van der Waals surface area contributed by atoms with Gasteiger partial charge in [0.15, 0.2) is 6.61 Å². The molecule has 9 nitrogen and oxygen atoms in total. The molecule has 1 fully saturated rings. The van der Waals surface area contributed by atoms with Gasteiger partial charge in [0.05, 0.1) is 25.3 Å². The van der Waals surface area contributed by atoms with E-state index >= 15 is 0 Å². The van der Waals surface area contributed by atoms with Crippen molar-refractivity contribution in [1.82, 2.24) is 4.90 Å². The number of nitrogens with two attached hydrogens (primary N) is 1. The van der Waals surface area contributed by atoms with E-state index in [4.69, 9.17) is 19.9 Å². The number of aliphatic hydroxyl groups excluding tert-OH is 1. The van der Waals surface area contributed by atoms with Crippen molar-refractivity contribution in [2.45, 2.75) is 13.0 Å². The number of aliphatic hydroxyl groups is 1. The van der Waals surface area contributed by atoms with Gasteiger partial charge in [-0.2, -0.15) is 0 Å². The average molecular weight is 454 g/mol. The highest BCUT2D eigenvalue weighted by Crippen LogP contribution is 2.40. The first-order chi connectivity index (χ1) is 15.8. The standard InChI is InChI=1S/C24H26N2O7/c1-14-12-16(6-9-18(14)32-3)22(28)20-21(26(10-11-31-2)24(30)23(20)29)15-4-7-17(8-5-15)33-13-19(25)27/h4-9,12,21,28H,10-11,13H2,1-3H3,(H2,25,27). The second kappa shape index (κ2) is 10.2. The Kier molecular flexibility index (Phi) is 7.34. The maximum Gasteiger partial charge on any atom is 0.295 e. The van der Waals surface area contributed by atoms with E-state index in [2.05, 4.69) is 0 Å². The van der Waals surface area contributed by atoms with Crippen molar-refractivity contribution in [3.8, 4) is 11.5 Å². The average Bonchev–Trinajstić information content (AvgIpc) is 3.06. The van der Waals surface area contributed by atoms with E-state index in [1.807, 2.05) is 6.92 Å². The lowest BCUT2D eigenvalue weighted by molar-refractivity contribution is -0.140. The van der Waals surface area contributed by atoms with Crippen molar-refractivity contribution in [2.75, 3.05) is 34.0 Å². The van der Waals surface area contributed by atoms with Crippen LogP contribution in [-0.4, -0.2) is 61.6 Å². The summed E-state index contributed by atoms with van der Waals surface area (Å²) in [4.78, 5) is 38.1. The van der Waals surface area contributed by atoms with E-state index in [9.17, 15) is 19.5 Å². The molecule has 0 radical (unpaired) electrons. The number of rotatable bonds is 9. The summed E-state index contributed by atoms with van der Waals surface area (Å²) in [7, 11) is 3.04. The van der Waals surface area contributed by atoms with Gasteiger partial charge >= 0.3 is 0 Å². The fraction of sp³-hybridized carbons (Fsp3) is 0.292. The van der Waals surface area contributed by atoms with E-state index in [1.54, 1.807) is 49.6 Å². The Balaban J connectivity index is 2.07. The summed E-state index contributed by atoms with van der Waals surface area (Å²) >= 11 is 0. The summed E-state index contributed by atoms with van der Waals surface area (Å²) in [6.07, 6.45) is 0. The number of carbonyl (C=O) groups is 3. The van der Waals surface area contributed by atoms with Crippen LogP contribution in [0.15, 0.2) is 48.0 Å². The molecule has 9 heteroatoms. The number of primary amides is 1. The third-order valence-corrected chi connectivity index (χ3v) is 5.32. The Morgan fingerprint density at radius 3 is 2.39 bits per heavy atom. The smallest absolute Gasteiger partial charge is 0.295 e. The van der Waals surface area contributed by atoms with Gasteiger partial charge < -0.3 is 30.0 Å². The molecule has 0 spiro atoms. The number of hydrogen-bond donors (Lipinski definition) is 2. The van der Waals surface area contributed by atoms with Gasteiger partial charge in [-0.25, -0.2) is 0 Å². The molecule has 1 heterocycles. The Labute approximate surface area is 191 Å². The molecular formula is C24H26N2O7. The number of carbonyl (C=O) groups excluding carboxylic acids is 3. The quantitative estimate of drug-likeness (QED) is 0.337. The van der Waals surface area contributed by atoms with Crippen molar-refractivity contribution in [2.24, 2.45) is 5.73 Å². The number of amides is 2. The molecule has 1 aliphatic heterocycles. The fourth-order valence-corrected chi connectivity index (χ4v) is 3.73. The maximum absolute atomic E-state index is 13.0. The highest BCUT2D eigenvalue weighted by Gasteiger charge is 2.45. The zero-order valence-corrected chi connectivity index (χ0v) is 18.7. The molecule has 0 saturated carbocycles. The molecule has 0 aliphatic carbocycles. The highest BCUT2D eigenvalue weighted by atomic mass is 16.5. The summed E-state index contributed by atoms with van der Waals surface area (Å²) in [5, 5.41) is 11.1. The monoisotopic (exact) mass is 454 g/mol. The minimum Gasteiger partial charge on any atom is -0.507 e. The summed E-state index contributed by atoms with van der Waals surface area (Å²) < 4.78 is 15.6. The van der Waals surface area contributed by atoms with E-state index in [0.29, 0.717) is 22.6 Å². The zero-order valence-electron chi connectivity index (χ0n) is 18.7. The molecule has 1 unspecified atom stereocenters. The summed E-state index contributed by atoms with van der Waals surface area (Å²) in [6.45, 7) is 1.91. The molecular weight excluding hydrogens is 428 g/mol. The van der Waals surface area contributed by atoms with Crippen LogP contribution in [0.4, 0.5) is 0 Å². The second-order valence-corrected chi connectivity index (χ2v) is 7.49. The highest BCUT2D eigenvalue weighted by molar-refractivity contribution is 6.46. The largest absolute Gasteiger partial charge is 0.507 e. The lowest BCUT2D eigenvalue weighted by Gasteiger charge is -2.25. The number of Topliss-reactive ketones (excluding diaryl/α,β-unsaturated/α-hetero) is 1. The van der Waals surface area contributed by atoms with Crippen molar-refractivity contribution < 1.29 is 33.7 Å². The van der Waals surface area contributed by atoms with Crippen LogP contribution in [0, 0.1) is 6.92 Å². The first kappa shape index (κ1) is 23.8. The lowest BCUT2D eigenvalue weighted by atomic mass is 9.94. The third kappa shape index (κ3) is 4.98. The van der Waals surface area contributed by atoms with Crippen LogP contribution in [-0.2, 0) is 19.1 Å². The number of ether oxygens (including phenoxy) is 3. The van der Waals surface area contributed by atoms with E-state index in [1.165, 1.54) is 12.0 Å². The molecule has 1 aliphatic rings. The topological polar surface area (TPSA) is 128 Å². The van der Waals surface area contributed by atoms with Gasteiger partial charge in [0.25, 0.3) is 17.6 Å². The van der Waals surface area contributed by atoms with Crippen LogP contribution in [0.5, 0.6) is 11.5 Å². The number of ketones is 1. The van der Waals surface area contributed by atoms with Gasteiger partial charge in [0.2, 0.25) is 0 Å². The summed E-state index contributed by atoms with van der Waals surface area (Å²) in [5.41, 5.74) is 6.83. The van der Waals surface area contributed by atoms with Crippen molar-refractivity contribution in [1.29, 1.82) is 0 Å². The first-order valence-electron chi connectivity index (χ1n) is 10.2. The summed E-state index contributed by atoms with van der Waals surface area (Å²) in [5.74, 6) is -1.36. The molecule has 3 N–H and O–H groups in total. The van der Waals surface area contributed by atoms with Crippen LogP contribution in [0.2, 0.25) is 0 Å². The zero-order chi connectivity index (χ0) is 24.1. The molecule has 2 aromatic rings. The Morgan fingerprint density at radius 1 is 1.12 bits per heavy atom. The van der Waals surface area contributed by atoms with E-state index < -0.39 is 23.6 Å². The second-order valence-electron chi connectivity index (χ2n) is 7.49. The van der Waals surface area contributed by atoms with Crippen LogP contribution < -0.4 is 15.2 Å². The Morgan fingerprint density at radius 2 is 1.82 bits per heavy atom. The number of likely N-dealkylation sites (tertiary alicyclic amines) is 1. The molecule has 1 saturated heterocycles. The first-order valence-corrected chi connectivity index (χ1v) is 10.2. The molecule has 33 heavy (non-hydrogen) atoms. The molecule has 0 aromatic heterocycles. The normalized spacial score (nSPS) is 17.3. The van der Waals surface area contributed by atoms with Crippen molar-refractivity contribution in [3.63, 3.8) is 0 Å². The number of benzene rings is 2. The molecule has 2 amide bonds. The molecule has 2 aromatic carbocycles. The Hall–Kier alpha value is -3.85. The lowest BCUT2D eigenvalue weighted by Crippen LogP contribution is -2.32. The van der Waals surface area contributed by atoms with Gasteiger partial charge in [-0.1, -0.05) is 12.1 Å². The van der Waals surface area contributed by atoms with Crippen LogP contribution in [0.1, 0.15) is 22.7 Å². The number of aryl methyl sites for hydroxylation is 1. The predicted molar refractivity (Wildman–Crippen MR) is 120 cm³/mol. The van der Waals surface area contributed by atoms with Crippen molar-refractivity contribution in [3.05, 3.63) is 64.7 Å². The SMILES string of the molecule is COCCN1C(=O)C(=O)C(=C(O)c2ccc(OC)c(C)c2)C1c1ccc(OCC(N)=O)cc1. The molecule has 174 valence electrons.